The number of rotatable bonds is 7. The quantitative estimate of drug-likeness (QED) is 0.431. The lowest BCUT2D eigenvalue weighted by molar-refractivity contribution is 0.0931. The maximum atomic E-state index is 12.9. The fraction of sp³-hybridized carbons (Fsp3) is 0.174. The Labute approximate surface area is 179 Å². The highest BCUT2D eigenvalue weighted by Crippen LogP contribution is 2.45. The van der Waals surface area contributed by atoms with Gasteiger partial charge in [-0.2, -0.15) is 0 Å². The second-order valence-electron chi connectivity index (χ2n) is 7.56. The standard InChI is InChI=1S/C23H21N7O/c31-22(28-23(8-9-23)18-6-12-25-13-7-18)17-2-1-3-19(14-17)26-15-20-27-21(30-29-20)16-4-10-24-11-5-16/h1-7,10-14,26H,8-9,15H2,(H,28,31)(H,27,29,30). The topological polar surface area (TPSA) is 108 Å². The number of hydrogen-bond donors (Lipinski definition) is 3. The van der Waals surface area contributed by atoms with Crippen molar-refractivity contribution in [2.45, 2.75) is 24.9 Å². The van der Waals surface area contributed by atoms with E-state index in [1.54, 1.807) is 24.8 Å². The first-order valence-electron chi connectivity index (χ1n) is 10.1. The molecule has 31 heavy (non-hydrogen) atoms. The molecule has 8 heteroatoms. The second-order valence-corrected chi connectivity index (χ2v) is 7.56. The molecule has 0 spiro atoms. The van der Waals surface area contributed by atoms with Gasteiger partial charge in [0.1, 0.15) is 5.82 Å². The van der Waals surface area contributed by atoms with Gasteiger partial charge in [0.2, 0.25) is 0 Å². The van der Waals surface area contributed by atoms with Crippen LogP contribution in [0.4, 0.5) is 5.69 Å². The molecule has 1 aliphatic carbocycles. The summed E-state index contributed by atoms with van der Waals surface area (Å²) in [7, 11) is 0. The van der Waals surface area contributed by atoms with E-state index in [4.69, 9.17) is 0 Å². The van der Waals surface area contributed by atoms with Crippen molar-refractivity contribution >= 4 is 11.6 Å². The van der Waals surface area contributed by atoms with Gasteiger partial charge in [-0.05, 0) is 60.9 Å². The number of hydrogen-bond acceptors (Lipinski definition) is 6. The molecule has 4 aromatic rings. The molecular formula is C23H21N7O. The van der Waals surface area contributed by atoms with Crippen LogP contribution < -0.4 is 10.6 Å². The average molecular weight is 411 g/mol. The number of H-pyrrole nitrogens is 1. The number of pyridine rings is 2. The van der Waals surface area contributed by atoms with Gasteiger partial charge in [-0.15, -0.1) is 10.2 Å². The minimum atomic E-state index is -0.271. The molecule has 3 N–H and O–H groups in total. The van der Waals surface area contributed by atoms with Gasteiger partial charge >= 0.3 is 0 Å². The Kier molecular flexibility index (Phi) is 4.87. The Bertz CT molecular complexity index is 1190. The minimum Gasteiger partial charge on any atom is -0.378 e. The third-order valence-electron chi connectivity index (χ3n) is 5.41. The lowest BCUT2D eigenvalue weighted by Gasteiger charge is -2.18. The molecule has 0 atom stereocenters. The van der Waals surface area contributed by atoms with Gasteiger partial charge in [0.15, 0.2) is 5.82 Å². The molecule has 0 saturated heterocycles. The number of amides is 1. The van der Waals surface area contributed by atoms with Crippen molar-refractivity contribution in [2.75, 3.05) is 5.32 Å². The van der Waals surface area contributed by atoms with Crippen LogP contribution in [-0.2, 0) is 12.1 Å². The predicted octanol–water partition coefficient (Wildman–Crippen LogP) is 3.29. The van der Waals surface area contributed by atoms with Crippen LogP contribution in [0.25, 0.3) is 11.4 Å². The van der Waals surface area contributed by atoms with Gasteiger partial charge in [0, 0.05) is 41.6 Å². The summed E-state index contributed by atoms with van der Waals surface area (Å²) >= 11 is 0. The van der Waals surface area contributed by atoms with E-state index < -0.39 is 0 Å². The Balaban J connectivity index is 1.24. The first-order valence-corrected chi connectivity index (χ1v) is 10.1. The van der Waals surface area contributed by atoms with Crippen LogP contribution in [0.15, 0.2) is 73.3 Å². The highest BCUT2D eigenvalue weighted by molar-refractivity contribution is 5.96. The minimum absolute atomic E-state index is 0.0856. The highest BCUT2D eigenvalue weighted by Gasteiger charge is 2.45. The third kappa shape index (κ3) is 4.13. The number of carbonyl (C=O) groups excluding carboxylic acids is 1. The molecule has 1 amide bonds. The number of anilines is 1. The fourth-order valence-electron chi connectivity index (χ4n) is 3.54. The fourth-order valence-corrected chi connectivity index (χ4v) is 3.54. The van der Waals surface area contributed by atoms with Gasteiger partial charge in [0.05, 0.1) is 12.1 Å². The normalized spacial score (nSPS) is 14.1. The van der Waals surface area contributed by atoms with E-state index in [9.17, 15) is 4.79 Å². The van der Waals surface area contributed by atoms with Crippen molar-refractivity contribution < 1.29 is 4.79 Å². The maximum absolute atomic E-state index is 12.9. The van der Waals surface area contributed by atoms with Crippen molar-refractivity contribution in [3.05, 3.63) is 90.3 Å². The van der Waals surface area contributed by atoms with E-state index in [0.29, 0.717) is 23.8 Å². The second kappa shape index (κ2) is 7.98. The molecule has 1 saturated carbocycles. The summed E-state index contributed by atoms with van der Waals surface area (Å²) in [5.41, 5.74) is 3.20. The van der Waals surface area contributed by atoms with Crippen molar-refractivity contribution in [1.82, 2.24) is 30.5 Å². The molecule has 0 aliphatic heterocycles. The van der Waals surface area contributed by atoms with E-state index in [1.807, 2.05) is 48.5 Å². The van der Waals surface area contributed by atoms with E-state index in [-0.39, 0.29) is 11.4 Å². The number of benzene rings is 1. The summed E-state index contributed by atoms with van der Waals surface area (Å²) in [5, 5.41) is 14.9. The summed E-state index contributed by atoms with van der Waals surface area (Å²) < 4.78 is 0. The Hall–Kier alpha value is -4.07. The van der Waals surface area contributed by atoms with Crippen LogP contribution >= 0.6 is 0 Å². The largest absolute Gasteiger partial charge is 0.378 e. The van der Waals surface area contributed by atoms with E-state index >= 15 is 0 Å². The molecular weight excluding hydrogens is 390 g/mol. The first-order chi connectivity index (χ1) is 15.2. The zero-order valence-electron chi connectivity index (χ0n) is 16.7. The number of nitrogens with one attached hydrogen (secondary N) is 3. The predicted molar refractivity (Wildman–Crippen MR) is 116 cm³/mol. The Morgan fingerprint density at radius 3 is 2.45 bits per heavy atom. The zero-order chi connectivity index (χ0) is 21.1. The SMILES string of the molecule is O=C(NC1(c2ccncc2)CC1)c1cccc(NCc2nnc(-c3ccncc3)[nH]2)c1. The highest BCUT2D eigenvalue weighted by atomic mass is 16.1. The lowest BCUT2D eigenvalue weighted by Crippen LogP contribution is -2.34. The Morgan fingerprint density at radius 2 is 1.71 bits per heavy atom. The van der Waals surface area contributed by atoms with Gasteiger partial charge in [-0.3, -0.25) is 14.8 Å². The zero-order valence-corrected chi connectivity index (χ0v) is 16.7. The molecule has 0 radical (unpaired) electrons. The van der Waals surface area contributed by atoms with Gasteiger partial charge in [0.25, 0.3) is 5.91 Å². The molecule has 154 valence electrons. The first kappa shape index (κ1) is 18.9. The van der Waals surface area contributed by atoms with E-state index in [1.165, 1.54) is 0 Å². The van der Waals surface area contributed by atoms with Gasteiger partial charge < -0.3 is 15.6 Å². The van der Waals surface area contributed by atoms with Crippen LogP contribution in [0.2, 0.25) is 0 Å². The number of aromatic nitrogens is 5. The molecule has 0 bridgehead atoms. The third-order valence-corrected chi connectivity index (χ3v) is 5.41. The average Bonchev–Trinajstić information content (AvgIpc) is 3.45. The van der Waals surface area contributed by atoms with Crippen molar-refractivity contribution in [3.63, 3.8) is 0 Å². The number of carbonyl (C=O) groups is 1. The smallest absolute Gasteiger partial charge is 0.252 e. The van der Waals surface area contributed by atoms with E-state index in [2.05, 4.69) is 35.8 Å². The van der Waals surface area contributed by atoms with Crippen LogP contribution in [0.3, 0.4) is 0 Å². The van der Waals surface area contributed by atoms with Crippen molar-refractivity contribution in [1.29, 1.82) is 0 Å². The molecule has 1 aromatic carbocycles. The molecule has 8 nitrogen and oxygen atoms in total. The lowest BCUT2D eigenvalue weighted by atomic mass is 10.1. The summed E-state index contributed by atoms with van der Waals surface area (Å²) in [6.45, 7) is 0.462. The van der Waals surface area contributed by atoms with Crippen LogP contribution in [0.5, 0.6) is 0 Å². The van der Waals surface area contributed by atoms with Crippen LogP contribution in [0.1, 0.15) is 34.6 Å². The maximum Gasteiger partial charge on any atom is 0.252 e. The number of aromatic amines is 1. The van der Waals surface area contributed by atoms with Gasteiger partial charge in [-0.1, -0.05) is 6.07 Å². The van der Waals surface area contributed by atoms with Crippen LogP contribution in [0, 0.1) is 0 Å². The van der Waals surface area contributed by atoms with E-state index in [0.717, 1.165) is 29.7 Å². The molecule has 3 aromatic heterocycles. The van der Waals surface area contributed by atoms with Crippen molar-refractivity contribution in [3.8, 4) is 11.4 Å². The summed E-state index contributed by atoms with van der Waals surface area (Å²) in [6, 6.07) is 15.1. The molecule has 5 rings (SSSR count). The molecule has 1 aliphatic rings. The number of nitrogens with zero attached hydrogens (tertiary/aromatic N) is 4. The summed E-state index contributed by atoms with van der Waals surface area (Å²) in [6.07, 6.45) is 8.82. The Morgan fingerprint density at radius 1 is 0.968 bits per heavy atom. The van der Waals surface area contributed by atoms with Crippen LogP contribution in [-0.4, -0.2) is 31.1 Å². The molecule has 0 unspecified atom stereocenters. The van der Waals surface area contributed by atoms with Crippen molar-refractivity contribution in [2.24, 2.45) is 0 Å². The summed E-state index contributed by atoms with van der Waals surface area (Å²) in [5.74, 6) is 1.31. The molecule has 3 heterocycles. The van der Waals surface area contributed by atoms with Gasteiger partial charge in [-0.25, -0.2) is 0 Å². The summed E-state index contributed by atoms with van der Waals surface area (Å²) in [4.78, 5) is 24.1. The monoisotopic (exact) mass is 411 g/mol. The molecule has 1 fully saturated rings.